The SMILES string of the molecule is CC(=NNC(=O)Cn1nnc(N)n1)c1ccc([N+](=O)[O-])cc1. The molecule has 2 aromatic rings. The molecule has 1 aromatic heterocycles. The molecule has 0 bridgehead atoms. The number of nitrogens with zero attached hydrogens (tertiary/aromatic N) is 6. The molecule has 0 aliphatic carbocycles. The van der Waals surface area contributed by atoms with E-state index in [2.05, 4.69) is 25.9 Å². The number of nitrogen functional groups attached to an aromatic ring is 1. The van der Waals surface area contributed by atoms with Gasteiger partial charge in [0.05, 0.1) is 10.6 Å². The van der Waals surface area contributed by atoms with Crippen LogP contribution in [-0.2, 0) is 11.3 Å². The summed E-state index contributed by atoms with van der Waals surface area (Å²) in [6, 6.07) is 5.81. The third kappa shape index (κ3) is 3.82. The first-order valence-electron chi connectivity index (χ1n) is 6.07. The molecular formula is C11H12N8O3. The Balaban J connectivity index is 1.96. The first-order chi connectivity index (χ1) is 10.5. The molecule has 22 heavy (non-hydrogen) atoms. The third-order valence-corrected chi connectivity index (χ3v) is 2.60. The van der Waals surface area contributed by atoms with Gasteiger partial charge in [-0.2, -0.15) is 9.90 Å². The van der Waals surface area contributed by atoms with Gasteiger partial charge in [-0.25, -0.2) is 5.43 Å². The number of tetrazole rings is 1. The highest BCUT2D eigenvalue weighted by Gasteiger charge is 2.07. The van der Waals surface area contributed by atoms with E-state index in [0.29, 0.717) is 11.3 Å². The summed E-state index contributed by atoms with van der Waals surface area (Å²) in [6.45, 7) is 1.48. The minimum atomic E-state index is -0.491. The molecule has 11 heteroatoms. The molecule has 0 aliphatic rings. The minimum absolute atomic E-state index is 0.0181. The topological polar surface area (TPSA) is 154 Å². The summed E-state index contributed by atoms with van der Waals surface area (Å²) in [4.78, 5) is 22.7. The molecule has 11 nitrogen and oxygen atoms in total. The zero-order valence-electron chi connectivity index (χ0n) is 11.5. The maximum absolute atomic E-state index is 11.6. The molecule has 1 heterocycles. The highest BCUT2D eigenvalue weighted by atomic mass is 16.6. The second kappa shape index (κ2) is 6.39. The number of nitrogens with one attached hydrogen (secondary N) is 1. The Morgan fingerprint density at radius 3 is 2.68 bits per heavy atom. The molecular weight excluding hydrogens is 292 g/mol. The smallest absolute Gasteiger partial charge is 0.269 e. The average Bonchev–Trinajstić information content (AvgIpc) is 2.90. The van der Waals surface area contributed by atoms with E-state index in [1.165, 1.54) is 12.1 Å². The first kappa shape index (κ1) is 15.0. The van der Waals surface area contributed by atoms with Crippen LogP contribution in [0, 0.1) is 10.1 Å². The van der Waals surface area contributed by atoms with E-state index in [0.717, 1.165) is 4.80 Å². The van der Waals surface area contributed by atoms with Crippen molar-refractivity contribution in [3.05, 3.63) is 39.9 Å². The van der Waals surface area contributed by atoms with Crippen molar-refractivity contribution >= 4 is 23.3 Å². The molecule has 0 spiro atoms. The number of amides is 1. The van der Waals surface area contributed by atoms with Crippen LogP contribution in [0.15, 0.2) is 29.4 Å². The predicted octanol–water partition coefficient (Wildman–Crippen LogP) is -0.296. The van der Waals surface area contributed by atoms with Gasteiger partial charge < -0.3 is 5.73 Å². The molecule has 2 rings (SSSR count). The number of nitro benzene ring substituents is 1. The van der Waals surface area contributed by atoms with Gasteiger partial charge in [-0.3, -0.25) is 14.9 Å². The summed E-state index contributed by atoms with van der Waals surface area (Å²) >= 11 is 0. The molecule has 0 atom stereocenters. The van der Waals surface area contributed by atoms with Crippen molar-refractivity contribution in [1.82, 2.24) is 25.6 Å². The molecule has 1 aromatic carbocycles. The van der Waals surface area contributed by atoms with Crippen LogP contribution in [0.25, 0.3) is 0 Å². The minimum Gasteiger partial charge on any atom is -0.365 e. The molecule has 0 aliphatic heterocycles. The van der Waals surface area contributed by atoms with Crippen molar-refractivity contribution in [2.75, 3.05) is 5.73 Å². The van der Waals surface area contributed by atoms with Crippen LogP contribution in [0.5, 0.6) is 0 Å². The van der Waals surface area contributed by atoms with Gasteiger partial charge in [-0.15, -0.1) is 5.10 Å². The van der Waals surface area contributed by atoms with Crippen LogP contribution < -0.4 is 11.2 Å². The van der Waals surface area contributed by atoms with Crippen LogP contribution in [0.2, 0.25) is 0 Å². The number of nitrogens with two attached hydrogens (primary N) is 1. The van der Waals surface area contributed by atoms with Crippen molar-refractivity contribution in [3.8, 4) is 0 Å². The molecule has 1 amide bonds. The zero-order valence-corrected chi connectivity index (χ0v) is 11.5. The van der Waals surface area contributed by atoms with Gasteiger partial charge in [0.25, 0.3) is 17.5 Å². The van der Waals surface area contributed by atoms with Crippen LogP contribution in [-0.4, -0.2) is 36.7 Å². The third-order valence-electron chi connectivity index (χ3n) is 2.60. The number of carbonyl (C=O) groups is 1. The van der Waals surface area contributed by atoms with Crippen LogP contribution in [0.4, 0.5) is 11.6 Å². The predicted molar refractivity (Wildman–Crippen MR) is 75.7 cm³/mol. The van der Waals surface area contributed by atoms with Crippen molar-refractivity contribution in [1.29, 1.82) is 0 Å². The summed E-state index contributed by atoms with van der Waals surface area (Å²) in [5.74, 6) is -0.489. The second-order valence-electron chi connectivity index (χ2n) is 4.21. The average molecular weight is 304 g/mol. The number of carbonyl (C=O) groups excluding carboxylic acids is 1. The fourth-order valence-electron chi connectivity index (χ4n) is 1.52. The Kier molecular flexibility index (Phi) is 4.36. The number of nitro groups is 1. The number of benzene rings is 1. The van der Waals surface area contributed by atoms with Gasteiger partial charge >= 0.3 is 0 Å². The van der Waals surface area contributed by atoms with Gasteiger partial charge in [0.2, 0.25) is 0 Å². The summed E-state index contributed by atoms with van der Waals surface area (Å²) < 4.78 is 0. The normalized spacial score (nSPS) is 11.2. The Labute approximate surface area is 124 Å². The molecule has 0 radical (unpaired) electrons. The lowest BCUT2D eigenvalue weighted by atomic mass is 10.1. The van der Waals surface area contributed by atoms with Gasteiger partial charge in [0, 0.05) is 12.1 Å². The van der Waals surface area contributed by atoms with Crippen molar-refractivity contribution < 1.29 is 9.72 Å². The van der Waals surface area contributed by atoms with Crippen LogP contribution in [0.3, 0.4) is 0 Å². The van der Waals surface area contributed by atoms with Crippen molar-refractivity contribution in [2.45, 2.75) is 13.5 Å². The monoisotopic (exact) mass is 304 g/mol. The quantitative estimate of drug-likeness (QED) is 0.436. The zero-order chi connectivity index (χ0) is 16.1. The maximum Gasteiger partial charge on any atom is 0.269 e. The lowest BCUT2D eigenvalue weighted by Crippen LogP contribution is -2.25. The van der Waals surface area contributed by atoms with E-state index in [1.54, 1.807) is 19.1 Å². The Morgan fingerprint density at radius 1 is 1.45 bits per heavy atom. The largest absolute Gasteiger partial charge is 0.365 e. The van der Waals surface area contributed by atoms with E-state index < -0.39 is 10.8 Å². The number of anilines is 1. The molecule has 3 N–H and O–H groups in total. The maximum atomic E-state index is 11.6. The summed E-state index contributed by atoms with van der Waals surface area (Å²) in [7, 11) is 0. The van der Waals surface area contributed by atoms with Gasteiger partial charge in [-0.05, 0) is 29.8 Å². The Morgan fingerprint density at radius 2 is 2.14 bits per heavy atom. The summed E-state index contributed by atoms with van der Waals surface area (Å²) in [5, 5.41) is 25.1. The number of rotatable bonds is 5. The number of hydrazone groups is 1. The lowest BCUT2D eigenvalue weighted by Gasteiger charge is -2.02. The van der Waals surface area contributed by atoms with Crippen LogP contribution >= 0.6 is 0 Å². The van der Waals surface area contributed by atoms with E-state index in [-0.39, 0.29) is 18.2 Å². The fraction of sp³-hybridized carbons (Fsp3) is 0.182. The highest BCUT2D eigenvalue weighted by Crippen LogP contribution is 2.12. The van der Waals surface area contributed by atoms with Gasteiger partial charge in [0.15, 0.2) is 0 Å². The van der Waals surface area contributed by atoms with E-state index in [4.69, 9.17) is 5.73 Å². The summed E-state index contributed by atoms with van der Waals surface area (Å²) in [6.07, 6.45) is 0. The fourth-order valence-corrected chi connectivity index (χ4v) is 1.52. The van der Waals surface area contributed by atoms with E-state index in [9.17, 15) is 14.9 Å². The molecule has 0 saturated carbocycles. The Bertz CT molecular complexity index is 721. The first-order valence-corrected chi connectivity index (χ1v) is 6.07. The lowest BCUT2D eigenvalue weighted by molar-refractivity contribution is -0.384. The molecule has 114 valence electrons. The standard InChI is InChI=1S/C11H12N8O3/c1-7(8-2-4-9(5-3-8)19(21)22)13-14-10(20)6-18-16-11(12)15-17-18/h2-5H,6H2,1H3,(H2,12,16)(H,14,20). The number of non-ortho nitro benzene ring substituents is 1. The van der Waals surface area contributed by atoms with E-state index in [1.807, 2.05) is 0 Å². The number of hydrogen-bond acceptors (Lipinski definition) is 8. The van der Waals surface area contributed by atoms with Crippen LogP contribution in [0.1, 0.15) is 12.5 Å². The highest BCUT2D eigenvalue weighted by molar-refractivity contribution is 5.99. The molecule has 0 saturated heterocycles. The van der Waals surface area contributed by atoms with Crippen molar-refractivity contribution in [2.24, 2.45) is 5.10 Å². The number of hydrogen-bond donors (Lipinski definition) is 2. The van der Waals surface area contributed by atoms with Gasteiger partial charge in [-0.1, -0.05) is 5.10 Å². The second-order valence-corrected chi connectivity index (χ2v) is 4.21. The Hall–Kier alpha value is -3.37. The molecule has 0 fully saturated rings. The molecule has 0 unspecified atom stereocenters. The van der Waals surface area contributed by atoms with E-state index >= 15 is 0 Å². The number of aromatic nitrogens is 4. The summed E-state index contributed by atoms with van der Waals surface area (Å²) in [5.41, 5.74) is 8.72. The van der Waals surface area contributed by atoms with Crippen molar-refractivity contribution in [3.63, 3.8) is 0 Å². The van der Waals surface area contributed by atoms with Gasteiger partial charge in [0.1, 0.15) is 6.54 Å².